The summed E-state index contributed by atoms with van der Waals surface area (Å²) in [4.78, 5) is 11.2. The van der Waals surface area contributed by atoms with Gasteiger partial charge < -0.3 is 4.74 Å². The predicted molar refractivity (Wildman–Crippen MR) is 85.0 cm³/mol. The van der Waals surface area contributed by atoms with Gasteiger partial charge in [0.1, 0.15) is 17.9 Å². The number of halogens is 1. The van der Waals surface area contributed by atoms with Crippen molar-refractivity contribution >= 4 is 6.29 Å². The first-order valence-corrected chi connectivity index (χ1v) is 7.74. The second kappa shape index (κ2) is 6.30. The summed E-state index contributed by atoms with van der Waals surface area (Å²) in [6.07, 6.45) is 4.01. The summed E-state index contributed by atoms with van der Waals surface area (Å²) in [5, 5.41) is 0. The largest absolute Gasteiger partial charge is 0.493 e. The molecular weight excluding hydrogens is 279 g/mol. The topological polar surface area (TPSA) is 26.3 Å². The van der Waals surface area contributed by atoms with E-state index in [-0.39, 0.29) is 5.82 Å². The Kier molecular flexibility index (Phi) is 4.23. The molecule has 1 saturated carbocycles. The molecule has 22 heavy (non-hydrogen) atoms. The van der Waals surface area contributed by atoms with Crippen LogP contribution in [0.2, 0.25) is 0 Å². The van der Waals surface area contributed by atoms with Crippen molar-refractivity contribution in [3.05, 3.63) is 53.3 Å². The van der Waals surface area contributed by atoms with E-state index in [1.807, 2.05) is 13.0 Å². The maximum atomic E-state index is 13.2. The Balaban J connectivity index is 2.14. The molecule has 3 heteroatoms. The molecule has 0 heterocycles. The highest BCUT2D eigenvalue weighted by Crippen LogP contribution is 2.48. The molecular formula is C19H19FO2. The minimum Gasteiger partial charge on any atom is -0.493 e. The summed E-state index contributed by atoms with van der Waals surface area (Å²) in [5.41, 5.74) is 3.72. The summed E-state index contributed by atoms with van der Waals surface area (Å²) >= 11 is 0. The van der Waals surface area contributed by atoms with E-state index in [9.17, 15) is 9.18 Å². The zero-order valence-electron chi connectivity index (χ0n) is 12.6. The first-order valence-electron chi connectivity index (χ1n) is 7.74. The first-order chi connectivity index (χ1) is 10.7. The van der Waals surface area contributed by atoms with Crippen LogP contribution < -0.4 is 4.74 Å². The quantitative estimate of drug-likeness (QED) is 0.704. The maximum Gasteiger partial charge on any atom is 0.150 e. The molecule has 0 saturated heterocycles. The van der Waals surface area contributed by atoms with E-state index in [4.69, 9.17) is 4.74 Å². The SMILES string of the molecule is CCCOc1cc(C=O)cc(C2CC2)c1-c1ccc(F)cc1. The van der Waals surface area contributed by atoms with Crippen LogP contribution in [0.15, 0.2) is 36.4 Å². The molecule has 0 amide bonds. The second-order valence-electron chi connectivity index (χ2n) is 5.73. The van der Waals surface area contributed by atoms with E-state index < -0.39 is 0 Å². The normalized spacial score (nSPS) is 13.9. The standard InChI is InChI=1S/C19H19FO2/c1-2-9-22-18-11-13(12-21)10-17(14-3-4-14)19(18)15-5-7-16(20)8-6-15/h5-8,10-12,14H,2-4,9H2,1H3. The number of rotatable bonds is 6. The average Bonchev–Trinajstić information content (AvgIpc) is 3.38. The Morgan fingerprint density at radius 1 is 1.23 bits per heavy atom. The lowest BCUT2D eigenvalue weighted by molar-refractivity contribution is 0.112. The number of ether oxygens (including phenoxy) is 1. The molecule has 1 aliphatic rings. The number of hydrogen-bond acceptors (Lipinski definition) is 2. The summed E-state index contributed by atoms with van der Waals surface area (Å²) in [6, 6.07) is 10.2. The number of benzene rings is 2. The van der Waals surface area contributed by atoms with Crippen LogP contribution in [0.25, 0.3) is 11.1 Å². The molecule has 114 valence electrons. The van der Waals surface area contributed by atoms with Gasteiger partial charge in [0.05, 0.1) is 6.61 Å². The fourth-order valence-corrected chi connectivity index (χ4v) is 2.69. The highest BCUT2D eigenvalue weighted by molar-refractivity contribution is 5.83. The van der Waals surface area contributed by atoms with Crippen LogP contribution in [0.3, 0.4) is 0 Å². The molecule has 1 fully saturated rings. The molecule has 0 aliphatic heterocycles. The van der Waals surface area contributed by atoms with Crippen molar-refractivity contribution in [3.63, 3.8) is 0 Å². The van der Waals surface area contributed by atoms with Gasteiger partial charge >= 0.3 is 0 Å². The van der Waals surface area contributed by atoms with Gasteiger partial charge in [0.15, 0.2) is 0 Å². The molecule has 0 atom stereocenters. The van der Waals surface area contributed by atoms with E-state index in [1.54, 1.807) is 18.2 Å². The Morgan fingerprint density at radius 2 is 1.95 bits per heavy atom. The Bertz CT molecular complexity index is 673. The molecule has 2 aromatic rings. The van der Waals surface area contributed by atoms with Crippen LogP contribution in [-0.2, 0) is 0 Å². The van der Waals surface area contributed by atoms with Crippen LogP contribution in [0.4, 0.5) is 4.39 Å². The highest BCUT2D eigenvalue weighted by Gasteiger charge is 2.29. The van der Waals surface area contributed by atoms with Gasteiger partial charge in [-0.25, -0.2) is 4.39 Å². The van der Waals surface area contributed by atoms with Gasteiger partial charge in [-0.15, -0.1) is 0 Å². The Morgan fingerprint density at radius 3 is 2.55 bits per heavy atom. The molecule has 0 radical (unpaired) electrons. The Labute approximate surface area is 129 Å². The van der Waals surface area contributed by atoms with Gasteiger partial charge in [0.25, 0.3) is 0 Å². The smallest absolute Gasteiger partial charge is 0.150 e. The molecule has 2 aromatic carbocycles. The molecule has 0 aromatic heterocycles. The molecule has 0 bridgehead atoms. The maximum absolute atomic E-state index is 13.2. The van der Waals surface area contributed by atoms with Crippen LogP contribution in [0.1, 0.15) is 48.0 Å². The van der Waals surface area contributed by atoms with E-state index in [0.717, 1.165) is 48.0 Å². The number of hydrogen-bond donors (Lipinski definition) is 0. The first kappa shape index (κ1) is 14.8. The summed E-state index contributed by atoms with van der Waals surface area (Å²) in [5.74, 6) is 0.946. The minimum atomic E-state index is -0.253. The second-order valence-corrected chi connectivity index (χ2v) is 5.73. The third-order valence-electron chi connectivity index (χ3n) is 3.90. The van der Waals surface area contributed by atoms with E-state index in [2.05, 4.69) is 0 Å². The van der Waals surface area contributed by atoms with Crippen LogP contribution in [0, 0.1) is 5.82 Å². The number of aldehydes is 1. The predicted octanol–water partition coefficient (Wildman–Crippen LogP) is 4.97. The highest BCUT2D eigenvalue weighted by atomic mass is 19.1. The van der Waals surface area contributed by atoms with Gasteiger partial charge in [-0.2, -0.15) is 0 Å². The minimum absolute atomic E-state index is 0.253. The van der Waals surface area contributed by atoms with Crippen molar-refractivity contribution in [2.45, 2.75) is 32.1 Å². The van der Waals surface area contributed by atoms with Crippen LogP contribution >= 0.6 is 0 Å². The molecule has 0 unspecified atom stereocenters. The van der Waals surface area contributed by atoms with Crippen molar-refractivity contribution < 1.29 is 13.9 Å². The van der Waals surface area contributed by atoms with E-state index in [1.165, 1.54) is 12.1 Å². The summed E-state index contributed by atoms with van der Waals surface area (Å²) in [7, 11) is 0. The van der Waals surface area contributed by atoms with Crippen molar-refractivity contribution in [2.24, 2.45) is 0 Å². The lowest BCUT2D eigenvalue weighted by atomic mass is 9.93. The van der Waals surface area contributed by atoms with Gasteiger partial charge in [0.2, 0.25) is 0 Å². The summed E-state index contributed by atoms with van der Waals surface area (Å²) < 4.78 is 19.1. The van der Waals surface area contributed by atoms with Crippen molar-refractivity contribution in [1.29, 1.82) is 0 Å². The molecule has 3 rings (SSSR count). The third kappa shape index (κ3) is 3.03. The molecule has 1 aliphatic carbocycles. The number of carbonyl (C=O) groups is 1. The van der Waals surface area contributed by atoms with Gasteiger partial charge in [-0.05, 0) is 60.6 Å². The zero-order valence-corrected chi connectivity index (χ0v) is 12.6. The fraction of sp³-hybridized carbons (Fsp3) is 0.316. The zero-order chi connectivity index (χ0) is 15.5. The fourth-order valence-electron chi connectivity index (χ4n) is 2.69. The lowest BCUT2D eigenvalue weighted by Gasteiger charge is -2.17. The molecule has 0 N–H and O–H groups in total. The van der Waals surface area contributed by atoms with Gasteiger partial charge in [-0.1, -0.05) is 19.1 Å². The van der Waals surface area contributed by atoms with Crippen LogP contribution in [-0.4, -0.2) is 12.9 Å². The summed E-state index contributed by atoms with van der Waals surface area (Å²) in [6.45, 7) is 2.64. The molecule has 2 nitrogen and oxygen atoms in total. The van der Waals surface area contributed by atoms with Gasteiger partial charge in [0, 0.05) is 11.1 Å². The lowest BCUT2D eigenvalue weighted by Crippen LogP contribution is -2.01. The molecule has 0 spiro atoms. The third-order valence-corrected chi connectivity index (χ3v) is 3.90. The van der Waals surface area contributed by atoms with Crippen molar-refractivity contribution in [2.75, 3.05) is 6.61 Å². The van der Waals surface area contributed by atoms with E-state index in [0.29, 0.717) is 18.1 Å². The Hall–Kier alpha value is -2.16. The van der Waals surface area contributed by atoms with Crippen molar-refractivity contribution in [1.82, 2.24) is 0 Å². The number of carbonyl (C=O) groups excluding carboxylic acids is 1. The van der Waals surface area contributed by atoms with E-state index >= 15 is 0 Å². The van der Waals surface area contributed by atoms with Crippen LogP contribution in [0.5, 0.6) is 5.75 Å². The van der Waals surface area contributed by atoms with Gasteiger partial charge in [-0.3, -0.25) is 4.79 Å². The van der Waals surface area contributed by atoms with Crippen molar-refractivity contribution in [3.8, 4) is 16.9 Å². The average molecular weight is 298 g/mol. The monoisotopic (exact) mass is 298 g/mol.